The van der Waals surface area contributed by atoms with Crippen molar-refractivity contribution in [3.63, 3.8) is 0 Å². The second-order valence-electron chi connectivity index (χ2n) is 7.87. The molecular weight excluding hydrogens is 493 g/mol. The minimum atomic E-state index is -4.44. The van der Waals surface area contributed by atoms with Gasteiger partial charge in [-0.15, -0.1) is 10.2 Å². The molecule has 1 N–H and O–H groups in total. The Morgan fingerprint density at radius 2 is 1.72 bits per heavy atom. The minimum Gasteiger partial charge on any atom is -0.454 e. The van der Waals surface area contributed by atoms with Crippen LogP contribution < -0.4 is 14.8 Å². The van der Waals surface area contributed by atoms with Crippen LogP contribution in [-0.2, 0) is 11.0 Å². The number of hydrogen-bond acceptors (Lipinski definition) is 6. The van der Waals surface area contributed by atoms with E-state index in [0.717, 1.165) is 23.4 Å². The Morgan fingerprint density at radius 1 is 1.00 bits per heavy atom. The lowest BCUT2D eigenvalue weighted by atomic mass is 10.2. The summed E-state index contributed by atoms with van der Waals surface area (Å²) < 4.78 is 51.1. The first-order valence-corrected chi connectivity index (χ1v) is 11.7. The molecule has 7 nitrogen and oxygen atoms in total. The van der Waals surface area contributed by atoms with Crippen molar-refractivity contribution < 1.29 is 27.4 Å². The highest BCUT2D eigenvalue weighted by molar-refractivity contribution is 8.00. The molecule has 1 atom stereocenters. The van der Waals surface area contributed by atoms with Crippen LogP contribution in [0.2, 0.25) is 0 Å². The van der Waals surface area contributed by atoms with Crippen molar-refractivity contribution >= 4 is 23.4 Å². The summed E-state index contributed by atoms with van der Waals surface area (Å²) in [7, 11) is 0. The molecular formula is C25H19F3N4O3S. The Hall–Kier alpha value is -3.99. The Morgan fingerprint density at radius 3 is 2.44 bits per heavy atom. The quantitative estimate of drug-likeness (QED) is 0.329. The molecule has 0 aliphatic carbocycles. The Bertz CT molecular complexity index is 1390. The summed E-state index contributed by atoms with van der Waals surface area (Å²) in [6.45, 7) is 1.84. The second kappa shape index (κ2) is 9.57. The fourth-order valence-electron chi connectivity index (χ4n) is 3.58. The van der Waals surface area contributed by atoms with Crippen LogP contribution >= 0.6 is 11.8 Å². The topological polar surface area (TPSA) is 78.3 Å². The van der Waals surface area contributed by atoms with Gasteiger partial charge in [-0.3, -0.25) is 9.36 Å². The van der Waals surface area contributed by atoms with Gasteiger partial charge in [-0.2, -0.15) is 13.2 Å². The van der Waals surface area contributed by atoms with E-state index in [9.17, 15) is 18.0 Å². The maximum absolute atomic E-state index is 12.8. The first kappa shape index (κ1) is 23.7. The number of amides is 1. The van der Waals surface area contributed by atoms with Crippen molar-refractivity contribution in [1.82, 2.24) is 14.8 Å². The van der Waals surface area contributed by atoms with Crippen molar-refractivity contribution in [2.75, 3.05) is 12.1 Å². The third kappa shape index (κ3) is 4.87. The van der Waals surface area contributed by atoms with E-state index < -0.39 is 17.0 Å². The number of carbonyl (C=O) groups is 1. The van der Waals surface area contributed by atoms with Gasteiger partial charge in [-0.25, -0.2) is 0 Å². The van der Waals surface area contributed by atoms with E-state index in [2.05, 4.69) is 15.5 Å². The summed E-state index contributed by atoms with van der Waals surface area (Å²) in [5.41, 5.74) is 1.04. The summed E-state index contributed by atoms with van der Waals surface area (Å²) in [6, 6.07) is 19.2. The van der Waals surface area contributed by atoms with E-state index in [1.165, 1.54) is 23.9 Å². The fraction of sp³-hybridized carbons (Fsp3) is 0.160. The number of ether oxygens (including phenoxy) is 2. The largest absolute Gasteiger partial charge is 0.454 e. The number of carbonyl (C=O) groups excluding carboxylic acids is 1. The molecule has 3 aromatic carbocycles. The fourth-order valence-corrected chi connectivity index (χ4v) is 4.44. The van der Waals surface area contributed by atoms with Crippen LogP contribution in [0.3, 0.4) is 0 Å². The summed E-state index contributed by atoms with van der Waals surface area (Å²) in [4.78, 5) is 12.8. The second-order valence-corrected chi connectivity index (χ2v) is 9.18. The first-order chi connectivity index (χ1) is 17.3. The molecule has 1 aromatic heterocycles. The van der Waals surface area contributed by atoms with E-state index in [4.69, 9.17) is 9.47 Å². The zero-order valence-corrected chi connectivity index (χ0v) is 19.6. The van der Waals surface area contributed by atoms with E-state index >= 15 is 0 Å². The van der Waals surface area contributed by atoms with Crippen LogP contribution in [0.4, 0.5) is 18.9 Å². The molecule has 5 rings (SSSR count). The molecule has 0 radical (unpaired) electrons. The molecule has 0 saturated carbocycles. The van der Waals surface area contributed by atoms with E-state index in [-0.39, 0.29) is 18.4 Å². The zero-order chi connectivity index (χ0) is 25.3. The zero-order valence-electron chi connectivity index (χ0n) is 18.8. The molecule has 0 fully saturated rings. The summed E-state index contributed by atoms with van der Waals surface area (Å²) in [6.07, 6.45) is -4.44. The standard InChI is InChI=1S/C25H19F3N4O3S/c1-15(23(33)29-18-10-8-17(9-11-18)25(26,27)28)36-24-31-30-22(32(24)19-5-3-2-4-6-19)16-7-12-20-21(13-16)35-14-34-20/h2-13,15H,14H2,1H3,(H,29,33)/t15-/m1/s1. The van der Waals surface area contributed by atoms with Crippen LogP contribution in [0.5, 0.6) is 11.5 Å². The number of nitrogens with zero attached hydrogens (tertiary/aromatic N) is 3. The molecule has 0 bridgehead atoms. The smallest absolute Gasteiger partial charge is 0.416 e. The number of thioether (sulfide) groups is 1. The molecule has 0 spiro atoms. The Labute approximate surface area is 208 Å². The van der Waals surface area contributed by atoms with Crippen LogP contribution in [-0.4, -0.2) is 32.7 Å². The third-order valence-electron chi connectivity index (χ3n) is 5.41. The van der Waals surface area contributed by atoms with E-state index in [1.807, 2.05) is 47.0 Å². The van der Waals surface area contributed by atoms with Crippen LogP contribution in [0, 0.1) is 0 Å². The van der Waals surface area contributed by atoms with Gasteiger partial charge in [0, 0.05) is 16.9 Å². The number of alkyl halides is 3. The maximum atomic E-state index is 12.8. The number of anilines is 1. The third-order valence-corrected chi connectivity index (χ3v) is 6.45. The lowest BCUT2D eigenvalue weighted by Crippen LogP contribution is -2.23. The normalized spacial score (nSPS) is 13.4. The van der Waals surface area contributed by atoms with Crippen molar-refractivity contribution in [1.29, 1.82) is 0 Å². The predicted octanol–water partition coefficient (Wildman–Crippen LogP) is 5.80. The van der Waals surface area contributed by atoms with E-state index in [0.29, 0.717) is 22.5 Å². The molecule has 2 heterocycles. The van der Waals surface area contributed by atoms with Gasteiger partial charge in [-0.05, 0) is 61.5 Å². The maximum Gasteiger partial charge on any atom is 0.416 e. The number of hydrogen-bond donors (Lipinski definition) is 1. The predicted molar refractivity (Wildman–Crippen MR) is 128 cm³/mol. The van der Waals surface area contributed by atoms with Crippen LogP contribution in [0.15, 0.2) is 78.0 Å². The molecule has 1 amide bonds. The van der Waals surface area contributed by atoms with Crippen molar-refractivity contribution in [2.24, 2.45) is 0 Å². The van der Waals surface area contributed by atoms with Gasteiger partial charge >= 0.3 is 6.18 Å². The number of halogens is 3. The molecule has 1 aliphatic rings. The van der Waals surface area contributed by atoms with Crippen molar-refractivity contribution in [3.8, 4) is 28.6 Å². The Kier molecular flexibility index (Phi) is 6.31. The van der Waals surface area contributed by atoms with Crippen molar-refractivity contribution in [2.45, 2.75) is 23.5 Å². The molecule has 0 saturated heterocycles. The molecule has 184 valence electrons. The number of nitrogens with one attached hydrogen (secondary N) is 1. The highest BCUT2D eigenvalue weighted by atomic mass is 32.2. The van der Waals surface area contributed by atoms with Crippen molar-refractivity contribution in [3.05, 3.63) is 78.4 Å². The summed E-state index contributed by atoms with van der Waals surface area (Å²) >= 11 is 1.18. The van der Waals surface area contributed by atoms with Crippen LogP contribution in [0.25, 0.3) is 17.1 Å². The van der Waals surface area contributed by atoms with E-state index in [1.54, 1.807) is 13.0 Å². The SMILES string of the molecule is C[C@@H](Sc1nnc(-c2ccc3c(c2)OCO3)n1-c1ccccc1)C(=O)Nc1ccc(C(F)(F)F)cc1. The summed E-state index contributed by atoms with van der Waals surface area (Å²) in [5, 5.41) is 11.2. The average molecular weight is 513 g/mol. The molecule has 11 heteroatoms. The first-order valence-electron chi connectivity index (χ1n) is 10.9. The van der Waals surface area contributed by atoms with Gasteiger partial charge in [0.15, 0.2) is 22.5 Å². The molecule has 0 unspecified atom stereocenters. The molecule has 4 aromatic rings. The van der Waals surface area contributed by atoms with Gasteiger partial charge in [0.2, 0.25) is 12.7 Å². The van der Waals surface area contributed by atoms with Gasteiger partial charge in [0.1, 0.15) is 0 Å². The minimum absolute atomic E-state index is 0.150. The molecule has 36 heavy (non-hydrogen) atoms. The average Bonchev–Trinajstić information content (AvgIpc) is 3.51. The summed E-state index contributed by atoms with van der Waals surface area (Å²) in [5.74, 6) is 1.42. The highest BCUT2D eigenvalue weighted by Gasteiger charge is 2.30. The monoisotopic (exact) mass is 512 g/mol. The number of rotatable bonds is 6. The lowest BCUT2D eigenvalue weighted by molar-refractivity contribution is -0.137. The van der Waals surface area contributed by atoms with Gasteiger partial charge < -0.3 is 14.8 Å². The van der Waals surface area contributed by atoms with Gasteiger partial charge in [0.05, 0.1) is 10.8 Å². The number of aromatic nitrogens is 3. The van der Waals surface area contributed by atoms with Crippen LogP contribution in [0.1, 0.15) is 12.5 Å². The number of para-hydroxylation sites is 1. The Balaban J connectivity index is 1.40. The lowest BCUT2D eigenvalue weighted by Gasteiger charge is -2.14. The van der Waals surface area contributed by atoms with Gasteiger partial charge in [0.25, 0.3) is 0 Å². The number of fused-ring (bicyclic) bond motifs is 1. The number of benzene rings is 3. The highest BCUT2D eigenvalue weighted by Crippen LogP contribution is 2.37. The molecule has 1 aliphatic heterocycles. The van der Waals surface area contributed by atoms with Gasteiger partial charge in [-0.1, -0.05) is 30.0 Å².